The molecule has 1 N–H and O–H groups in total. The maximum atomic E-state index is 12.6. The molecule has 33 heavy (non-hydrogen) atoms. The van der Waals surface area contributed by atoms with Gasteiger partial charge in [-0.2, -0.15) is 0 Å². The lowest BCUT2D eigenvalue weighted by Crippen LogP contribution is -2.16. The Morgan fingerprint density at radius 2 is 1.64 bits per heavy atom. The number of rotatable bonds is 8. The molecule has 0 saturated carbocycles. The molecule has 1 heterocycles. The van der Waals surface area contributed by atoms with E-state index in [1.54, 1.807) is 31.4 Å². The van der Waals surface area contributed by atoms with Crippen LogP contribution in [0.3, 0.4) is 0 Å². The van der Waals surface area contributed by atoms with Gasteiger partial charge in [0.25, 0.3) is 0 Å². The van der Waals surface area contributed by atoms with E-state index in [-0.39, 0.29) is 17.4 Å². The first kappa shape index (κ1) is 22.3. The number of thioether (sulfide) groups is 1. The number of hydrogen-bond acceptors (Lipinski definition) is 6. The van der Waals surface area contributed by atoms with E-state index in [4.69, 9.17) is 4.74 Å². The van der Waals surface area contributed by atoms with E-state index in [9.17, 15) is 9.59 Å². The molecule has 1 amide bonds. The molecule has 4 aromatic rings. The number of aromatic nitrogens is 3. The Balaban J connectivity index is 1.58. The summed E-state index contributed by atoms with van der Waals surface area (Å²) in [6, 6.07) is 24.3. The number of methoxy groups -OCH3 is 1. The van der Waals surface area contributed by atoms with Crippen LogP contribution >= 0.6 is 11.8 Å². The van der Waals surface area contributed by atoms with Crippen LogP contribution in [0, 0.1) is 0 Å². The minimum Gasteiger partial charge on any atom is -0.497 e. The number of nitrogens with one attached hydrogen (secondary N) is 1. The topological polar surface area (TPSA) is 86.1 Å². The summed E-state index contributed by atoms with van der Waals surface area (Å²) in [5.74, 6) is 1.18. The second-order valence-electron chi connectivity index (χ2n) is 7.14. The minimum absolute atomic E-state index is 0.105. The van der Waals surface area contributed by atoms with E-state index in [2.05, 4.69) is 15.5 Å². The largest absolute Gasteiger partial charge is 0.497 e. The van der Waals surface area contributed by atoms with E-state index in [1.807, 2.05) is 59.2 Å². The summed E-state index contributed by atoms with van der Waals surface area (Å²) in [5.41, 5.74) is 2.74. The fourth-order valence-corrected chi connectivity index (χ4v) is 4.07. The van der Waals surface area contributed by atoms with E-state index in [0.29, 0.717) is 22.2 Å². The number of Topliss-reactive ketones (excluding diaryl/α,β-unsaturated/α-hetero) is 1. The third-order valence-corrected chi connectivity index (χ3v) is 5.84. The first-order valence-corrected chi connectivity index (χ1v) is 11.2. The van der Waals surface area contributed by atoms with Gasteiger partial charge in [-0.05, 0) is 55.5 Å². The maximum Gasteiger partial charge on any atom is 0.234 e. The summed E-state index contributed by atoms with van der Waals surface area (Å²) >= 11 is 1.27. The summed E-state index contributed by atoms with van der Waals surface area (Å²) in [7, 11) is 1.62. The van der Waals surface area contributed by atoms with Crippen LogP contribution in [0.4, 0.5) is 5.69 Å². The molecule has 0 aliphatic carbocycles. The number of anilines is 1. The molecule has 0 aliphatic heterocycles. The van der Waals surface area contributed by atoms with Crippen LogP contribution in [-0.2, 0) is 4.79 Å². The highest BCUT2D eigenvalue weighted by atomic mass is 32.2. The summed E-state index contributed by atoms with van der Waals surface area (Å²) in [4.78, 5) is 24.5. The summed E-state index contributed by atoms with van der Waals surface area (Å²) in [5, 5.41) is 12.1. The molecule has 3 aromatic carbocycles. The van der Waals surface area contributed by atoms with Crippen molar-refractivity contribution in [3.8, 4) is 22.8 Å². The zero-order valence-electron chi connectivity index (χ0n) is 18.2. The van der Waals surface area contributed by atoms with Gasteiger partial charge in [0.1, 0.15) is 5.75 Å². The highest BCUT2D eigenvalue weighted by Gasteiger charge is 2.18. The van der Waals surface area contributed by atoms with Gasteiger partial charge in [0, 0.05) is 16.8 Å². The first-order chi connectivity index (χ1) is 16.1. The van der Waals surface area contributed by atoms with Crippen molar-refractivity contribution in [1.82, 2.24) is 14.8 Å². The Kier molecular flexibility index (Phi) is 6.85. The van der Waals surface area contributed by atoms with Crippen molar-refractivity contribution in [1.29, 1.82) is 0 Å². The Bertz CT molecular complexity index is 1270. The minimum atomic E-state index is -0.234. The number of amides is 1. The smallest absolute Gasteiger partial charge is 0.234 e. The van der Waals surface area contributed by atoms with Crippen molar-refractivity contribution < 1.29 is 14.3 Å². The van der Waals surface area contributed by atoms with Crippen LogP contribution in [0.15, 0.2) is 84.0 Å². The van der Waals surface area contributed by atoms with Crippen LogP contribution in [0.1, 0.15) is 17.3 Å². The number of ether oxygens (including phenoxy) is 1. The molecule has 0 atom stereocenters. The number of carbonyl (C=O) groups is 2. The van der Waals surface area contributed by atoms with Gasteiger partial charge in [0.05, 0.1) is 18.6 Å². The lowest BCUT2D eigenvalue weighted by molar-refractivity contribution is -0.113. The molecule has 166 valence electrons. The first-order valence-electron chi connectivity index (χ1n) is 10.2. The fourth-order valence-electron chi connectivity index (χ4n) is 3.32. The monoisotopic (exact) mass is 458 g/mol. The van der Waals surface area contributed by atoms with Crippen LogP contribution < -0.4 is 10.1 Å². The number of nitrogens with zero attached hydrogens (tertiary/aromatic N) is 3. The Morgan fingerprint density at radius 3 is 2.33 bits per heavy atom. The molecule has 1 aromatic heterocycles. The highest BCUT2D eigenvalue weighted by molar-refractivity contribution is 7.99. The fraction of sp³-hybridized carbons (Fsp3) is 0.120. The molecular formula is C25H22N4O3S. The Labute approximate surface area is 195 Å². The number of ketones is 1. The van der Waals surface area contributed by atoms with Gasteiger partial charge in [-0.1, -0.05) is 42.1 Å². The lowest BCUT2D eigenvalue weighted by Gasteiger charge is -2.11. The molecular weight excluding hydrogens is 436 g/mol. The maximum absolute atomic E-state index is 12.6. The standard InChI is InChI=1S/C25H22N4O3S/c1-17(30)21-10-6-7-11-22(21)26-23(31)16-33-25-28-27-24(18-12-14-20(32-2)15-13-18)29(25)19-8-4-3-5-9-19/h3-15H,16H2,1-2H3,(H,26,31). The normalized spacial score (nSPS) is 10.6. The summed E-state index contributed by atoms with van der Waals surface area (Å²) in [6.07, 6.45) is 0. The molecule has 0 bridgehead atoms. The summed E-state index contributed by atoms with van der Waals surface area (Å²) in [6.45, 7) is 1.47. The number of benzene rings is 3. The zero-order chi connectivity index (χ0) is 23.2. The van der Waals surface area contributed by atoms with Gasteiger partial charge in [-0.25, -0.2) is 0 Å². The number of carbonyl (C=O) groups excluding carboxylic acids is 2. The van der Waals surface area contributed by atoms with Gasteiger partial charge >= 0.3 is 0 Å². The molecule has 0 spiro atoms. The molecule has 7 nitrogen and oxygen atoms in total. The van der Waals surface area contributed by atoms with Crippen molar-refractivity contribution in [3.05, 3.63) is 84.4 Å². The number of para-hydroxylation sites is 2. The average Bonchev–Trinajstić information content (AvgIpc) is 3.27. The van der Waals surface area contributed by atoms with Gasteiger partial charge in [-0.15, -0.1) is 10.2 Å². The van der Waals surface area contributed by atoms with E-state index in [0.717, 1.165) is 17.0 Å². The van der Waals surface area contributed by atoms with Crippen LogP contribution in [0.2, 0.25) is 0 Å². The predicted octanol–water partition coefficient (Wildman–Crippen LogP) is 4.88. The molecule has 0 aliphatic rings. The number of hydrogen-bond donors (Lipinski definition) is 1. The SMILES string of the molecule is COc1ccc(-c2nnc(SCC(=O)Nc3ccccc3C(C)=O)n2-c2ccccc2)cc1. The van der Waals surface area contributed by atoms with Crippen molar-refractivity contribution in [2.75, 3.05) is 18.2 Å². The highest BCUT2D eigenvalue weighted by Crippen LogP contribution is 2.29. The lowest BCUT2D eigenvalue weighted by atomic mass is 10.1. The average molecular weight is 459 g/mol. The molecule has 0 fully saturated rings. The van der Waals surface area contributed by atoms with Crippen LogP contribution in [0.25, 0.3) is 17.1 Å². The van der Waals surface area contributed by atoms with E-state index < -0.39 is 0 Å². The second-order valence-corrected chi connectivity index (χ2v) is 8.09. The Hall–Kier alpha value is -3.91. The van der Waals surface area contributed by atoms with Gasteiger partial charge in [0.15, 0.2) is 16.8 Å². The van der Waals surface area contributed by atoms with Crippen molar-refractivity contribution in [2.45, 2.75) is 12.1 Å². The third kappa shape index (κ3) is 5.12. The molecule has 0 radical (unpaired) electrons. The molecule has 4 rings (SSSR count). The predicted molar refractivity (Wildman–Crippen MR) is 129 cm³/mol. The van der Waals surface area contributed by atoms with Crippen molar-refractivity contribution >= 4 is 29.1 Å². The van der Waals surface area contributed by atoms with Gasteiger partial charge in [0.2, 0.25) is 5.91 Å². The quantitative estimate of drug-likeness (QED) is 0.299. The van der Waals surface area contributed by atoms with E-state index in [1.165, 1.54) is 18.7 Å². The third-order valence-electron chi connectivity index (χ3n) is 4.91. The van der Waals surface area contributed by atoms with Crippen LogP contribution in [0.5, 0.6) is 5.75 Å². The van der Waals surface area contributed by atoms with E-state index >= 15 is 0 Å². The molecule has 0 saturated heterocycles. The Morgan fingerprint density at radius 1 is 0.939 bits per heavy atom. The second kappa shape index (κ2) is 10.1. The van der Waals surface area contributed by atoms with Gasteiger partial charge < -0.3 is 10.1 Å². The molecule has 0 unspecified atom stereocenters. The summed E-state index contributed by atoms with van der Waals surface area (Å²) < 4.78 is 7.17. The van der Waals surface area contributed by atoms with Crippen molar-refractivity contribution in [2.24, 2.45) is 0 Å². The van der Waals surface area contributed by atoms with Crippen LogP contribution in [-0.4, -0.2) is 39.3 Å². The van der Waals surface area contributed by atoms with Crippen molar-refractivity contribution in [3.63, 3.8) is 0 Å². The van der Waals surface area contributed by atoms with Gasteiger partial charge in [-0.3, -0.25) is 14.2 Å². The molecule has 8 heteroatoms. The zero-order valence-corrected chi connectivity index (χ0v) is 19.0.